The molecule has 0 aliphatic carbocycles. The predicted molar refractivity (Wildman–Crippen MR) is 109 cm³/mol. The van der Waals surface area contributed by atoms with Crippen LogP contribution in [-0.2, 0) is 21.4 Å². The van der Waals surface area contributed by atoms with E-state index in [-0.39, 0.29) is 30.5 Å². The molecule has 1 aromatic carbocycles. The highest BCUT2D eigenvalue weighted by Gasteiger charge is 2.33. The highest BCUT2D eigenvalue weighted by molar-refractivity contribution is 7.89. The largest absolute Gasteiger partial charge is 0.481 e. The molecule has 8 nitrogen and oxygen atoms in total. The monoisotopic (exact) mass is 439 g/mol. The van der Waals surface area contributed by atoms with E-state index in [1.54, 1.807) is 25.3 Å². The summed E-state index contributed by atoms with van der Waals surface area (Å²) in [6.07, 6.45) is 3.08. The van der Waals surface area contributed by atoms with Crippen LogP contribution in [0.4, 0.5) is 0 Å². The molecule has 0 aliphatic rings. The summed E-state index contributed by atoms with van der Waals surface area (Å²) in [6.45, 7) is 3.19. The summed E-state index contributed by atoms with van der Waals surface area (Å²) in [7, 11) is -4.05. The molecule has 1 heterocycles. The molecule has 0 saturated carbocycles. The first-order chi connectivity index (χ1) is 13.4. The molecule has 0 fully saturated rings. The minimum atomic E-state index is -4.05. The van der Waals surface area contributed by atoms with Crippen LogP contribution >= 0.6 is 12.4 Å². The number of nitrogens with one attached hydrogen (secondary N) is 1. The van der Waals surface area contributed by atoms with Gasteiger partial charge in [-0.3, -0.25) is 15.0 Å². The quantitative estimate of drug-likeness (QED) is 0.370. The van der Waals surface area contributed by atoms with Crippen LogP contribution in [0.25, 0.3) is 0 Å². The summed E-state index contributed by atoms with van der Waals surface area (Å²) < 4.78 is 32.7. The van der Waals surface area contributed by atoms with E-state index in [1.807, 2.05) is 0 Å². The van der Waals surface area contributed by atoms with E-state index < -0.39 is 22.0 Å². The summed E-state index contributed by atoms with van der Waals surface area (Å²) in [5, 5.41) is 8.93. The molecule has 1 amide bonds. The number of rotatable bonds is 8. The number of sulfonamides is 1. The molecular weight excluding hydrogens is 418 g/mol. The Labute approximate surface area is 176 Å². The number of carbonyl (C=O) groups excluding carboxylic acids is 1. The number of benzene rings is 1. The van der Waals surface area contributed by atoms with Crippen LogP contribution in [0.5, 0.6) is 5.75 Å². The maximum atomic E-state index is 13.2. The lowest BCUT2D eigenvalue weighted by Crippen LogP contribution is -2.46. The molecule has 0 aliphatic heterocycles. The maximum Gasteiger partial charge on any atom is 0.261 e. The van der Waals surface area contributed by atoms with Crippen molar-refractivity contribution in [1.29, 1.82) is 0 Å². The summed E-state index contributed by atoms with van der Waals surface area (Å²) in [4.78, 5) is 15.9. The van der Waals surface area contributed by atoms with Gasteiger partial charge in [-0.2, -0.15) is 4.31 Å². The molecule has 1 aromatic heterocycles. The Bertz CT molecular complexity index is 957. The van der Waals surface area contributed by atoms with Crippen molar-refractivity contribution < 1.29 is 23.2 Å². The van der Waals surface area contributed by atoms with Crippen molar-refractivity contribution in [2.75, 3.05) is 6.61 Å². The first-order valence-corrected chi connectivity index (χ1v) is 9.81. The van der Waals surface area contributed by atoms with Crippen molar-refractivity contribution >= 4 is 28.3 Å². The number of amides is 1. The molecule has 0 spiro atoms. The summed E-state index contributed by atoms with van der Waals surface area (Å²) in [6, 6.07) is 8.04. The van der Waals surface area contributed by atoms with Gasteiger partial charge in [0.05, 0.1) is 4.90 Å². The Kier molecular flexibility index (Phi) is 9.58. The Morgan fingerprint density at radius 2 is 2.00 bits per heavy atom. The standard InChI is InChI=1S/C19H21N3O5S.ClH/c1-3-4-12-27-17-7-9-18(10-8-17)28(25,26)22(15(2)19(23)21-24)14-16-6-5-11-20-13-16;/h5-11,13,15,24H,12,14H2,1-2H3,(H,21,23);1H. The second-order valence-electron chi connectivity index (χ2n) is 5.75. The van der Waals surface area contributed by atoms with Gasteiger partial charge in [-0.1, -0.05) is 12.0 Å². The zero-order chi connectivity index (χ0) is 20.6. The van der Waals surface area contributed by atoms with Gasteiger partial charge in [-0.25, -0.2) is 13.9 Å². The lowest BCUT2D eigenvalue weighted by molar-refractivity contribution is -0.132. The topological polar surface area (TPSA) is 109 Å². The van der Waals surface area contributed by atoms with E-state index >= 15 is 0 Å². The van der Waals surface area contributed by atoms with E-state index in [4.69, 9.17) is 9.94 Å². The SMILES string of the molecule is CC#CCOc1ccc(S(=O)(=O)N(Cc2cccnc2)C(C)C(=O)NO)cc1.Cl. The van der Waals surface area contributed by atoms with Crippen molar-refractivity contribution in [3.05, 3.63) is 54.4 Å². The summed E-state index contributed by atoms with van der Waals surface area (Å²) in [5.41, 5.74) is 2.10. The lowest BCUT2D eigenvalue weighted by Gasteiger charge is -2.27. The lowest BCUT2D eigenvalue weighted by atomic mass is 10.2. The predicted octanol–water partition coefficient (Wildman–Crippen LogP) is 1.99. The molecule has 0 radical (unpaired) electrons. The van der Waals surface area contributed by atoms with E-state index in [2.05, 4.69) is 16.8 Å². The third kappa shape index (κ3) is 6.44. The molecule has 0 saturated heterocycles. The van der Waals surface area contributed by atoms with Gasteiger partial charge in [0.2, 0.25) is 10.0 Å². The first-order valence-electron chi connectivity index (χ1n) is 8.37. The average molecular weight is 440 g/mol. The fraction of sp³-hybridized carbons (Fsp3) is 0.263. The number of hydrogen-bond donors (Lipinski definition) is 2. The number of hydrogen-bond acceptors (Lipinski definition) is 6. The number of carbonyl (C=O) groups is 1. The molecule has 10 heteroatoms. The van der Waals surface area contributed by atoms with Crippen molar-refractivity contribution in [2.24, 2.45) is 0 Å². The molecule has 0 bridgehead atoms. The number of pyridine rings is 1. The number of aromatic nitrogens is 1. The second kappa shape index (κ2) is 11.4. The van der Waals surface area contributed by atoms with Crippen LogP contribution < -0.4 is 10.2 Å². The average Bonchev–Trinajstić information content (AvgIpc) is 2.72. The Morgan fingerprint density at radius 3 is 2.55 bits per heavy atom. The number of halogens is 1. The van der Waals surface area contributed by atoms with Crippen LogP contribution in [-0.4, -0.2) is 41.5 Å². The molecule has 2 rings (SSSR count). The normalized spacial score (nSPS) is 11.6. The van der Waals surface area contributed by atoms with Gasteiger partial charge in [0.15, 0.2) is 0 Å². The maximum absolute atomic E-state index is 13.2. The third-order valence-electron chi connectivity index (χ3n) is 3.90. The van der Waals surface area contributed by atoms with Gasteiger partial charge < -0.3 is 4.74 Å². The Balaban J connectivity index is 0.00000420. The Morgan fingerprint density at radius 1 is 1.31 bits per heavy atom. The van der Waals surface area contributed by atoms with E-state index in [1.165, 1.54) is 42.9 Å². The molecule has 1 atom stereocenters. The minimum absolute atomic E-state index is 0. The fourth-order valence-corrected chi connectivity index (χ4v) is 3.94. The van der Waals surface area contributed by atoms with Gasteiger partial charge in [-0.05, 0) is 49.7 Å². The summed E-state index contributed by atoms with van der Waals surface area (Å²) in [5.74, 6) is 5.08. The highest BCUT2D eigenvalue weighted by atomic mass is 35.5. The van der Waals surface area contributed by atoms with Gasteiger partial charge in [0.25, 0.3) is 5.91 Å². The van der Waals surface area contributed by atoms with Crippen LogP contribution in [0.1, 0.15) is 19.4 Å². The molecular formula is C19H22ClN3O5S. The van der Waals surface area contributed by atoms with Crippen LogP contribution in [0.2, 0.25) is 0 Å². The highest BCUT2D eigenvalue weighted by Crippen LogP contribution is 2.23. The van der Waals surface area contributed by atoms with Gasteiger partial charge in [0, 0.05) is 18.9 Å². The van der Waals surface area contributed by atoms with Gasteiger partial charge in [0.1, 0.15) is 18.4 Å². The van der Waals surface area contributed by atoms with Gasteiger partial charge >= 0.3 is 0 Å². The van der Waals surface area contributed by atoms with Crippen molar-refractivity contribution in [3.63, 3.8) is 0 Å². The zero-order valence-corrected chi connectivity index (χ0v) is 17.5. The van der Waals surface area contributed by atoms with Crippen molar-refractivity contribution in [1.82, 2.24) is 14.8 Å². The summed E-state index contributed by atoms with van der Waals surface area (Å²) >= 11 is 0. The van der Waals surface area contributed by atoms with Gasteiger partial charge in [-0.15, -0.1) is 18.3 Å². The van der Waals surface area contributed by atoms with E-state index in [9.17, 15) is 13.2 Å². The van der Waals surface area contributed by atoms with Crippen LogP contribution in [0.15, 0.2) is 53.7 Å². The van der Waals surface area contributed by atoms with E-state index in [0.29, 0.717) is 11.3 Å². The second-order valence-corrected chi connectivity index (χ2v) is 7.64. The smallest absolute Gasteiger partial charge is 0.261 e. The van der Waals surface area contributed by atoms with Crippen LogP contribution in [0.3, 0.4) is 0 Å². The number of ether oxygens (including phenoxy) is 1. The van der Waals surface area contributed by atoms with Crippen molar-refractivity contribution in [2.45, 2.75) is 31.3 Å². The molecule has 29 heavy (non-hydrogen) atoms. The first kappa shape index (κ1) is 24.4. The van der Waals surface area contributed by atoms with Crippen LogP contribution in [0, 0.1) is 11.8 Å². The van der Waals surface area contributed by atoms with Crippen molar-refractivity contribution in [3.8, 4) is 17.6 Å². The zero-order valence-electron chi connectivity index (χ0n) is 15.9. The number of nitrogens with zero attached hydrogens (tertiary/aromatic N) is 2. The Hall–Kier alpha value is -2.64. The third-order valence-corrected chi connectivity index (χ3v) is 5.83. The molecule has 156 valence electrons. The minimum Gasteiger partial charge on any atom is -0.481 e. The fourth-order valence-electron chi connectivity index (χ4n) is 2.36. The molecule has 2 aromatic rings. The van der Waals surface area contributed by atoms with E-state index in [0.717, 1.165) is 4.31 Å². The number of hydroxylamine groups is 1. The molecule has 1 unspecified atom stereocenters. The molecule has 2 N–H and O–H groups in total.